The first kappa shape index (κ1) is 19.8. The van der Waals surface area contributed by atoms with Gasteiger partial charge in [0.15, 0.2) is 0 Å². The lowest BCUT2D eigenvalue weighted by molar-refractivity contribution is 1.14. The van der Waals surface area contributed by atoms with Crippen molar-refractivity contribution in [1.29, 1.82) is 0 Å². The van der Waals surface area contributed by atoms with Crippen LogP contribution in [0.2, 0.25) is 26.2 Å². The molecule has 0 saturated carbocycles. The van der Waals surface area contributed by atoms with E-state index in [1.165, 1.54) is 56.8 Å². The molecule has 0 saturated heterocycles. The highest BCUT2D eigenvalue weighted by molar-refractivity contribution is 6.77. The molecule has 0 radical (unpaired) electrons. The molecule has 0 aliphatic carbocycles. The standard InChI is InChI=1S/C28H32Si2/c1-29(2)17-21-9-11-23-13-14-24-12-10-22(16-28(24)27(23)15-21)18-30(3,4)20-26-8-6-5-7-25(26)19-29/h5-16H,17-20H2,1-4H3. The van der Waals surface area contributed by atoms with Crippen molar-refractivity contribution >= 4 is 37.7 Å². The summed E-state index contributed by atoms with van der Waals surface area (Å²) in [6, 6.07) is 33.4. The van der Waals surface area contributed by atoms with Crippen molar-refractivity contribution < 1.29 is 0 Å². The Morgan fingerprint density at radius 1 is 0.500 bits per heavy atom. The van der Waals surface area contributed by atoms with Gasteiger partial charge in [0.2, 0.25) is 0 Å². The summed E-state index contributed by atoms with van der Waals surface area (Å²) in [6.45, 7) is 10.3. The third-order valence-electron chi connectivity index (χ3n) is 6.79. The lowest BCUT2D eigenvalue weighted by Crippen LogP contribution is -2.36. The molecule has 0 atom stereocenters. The van der Waals surface area contributed by atoms with Crippen LogP contribution >= 0.6 is 0 Å². The van der Waals surface area contributed by atoms with Crippen LogP contribution in [-0.2, 0) is 24.2 Å². The molecule has 30 heavy (non-hydrogen) atoms. The number of rotatable bonds is 0. The molecule has 152 valence electrons. The molecule has 4 bridgehead atoms. The topological polar surface area (TPSA) is 0 Å². The maximum atomic E-state index is 2.57. The van der Waals surface area contributed by atoms with Crippen LogP contribution in [-0.4, -0.2) is 16.1 Å². The first-order valence-electron chi connectivity index (χ1n) is 11.3. The second-order valence-electron chi connectivity index (χ2n) is 11.0. The van der Waals surface area contributed by atoms with Gasteiger partial charge in [-0.15, -0.1) is 0 Å². The molecule has 1 aliphatic rings. The highest BCUT2D eigenvalue weighted by Crippen LogP contribution is 2.31. The van der Waals surface area contributed by atoms with Gasteiger partial charge < -0.3 is 0 Å². The van der Waals surface area contributed by atoms with Gasteiger partial charge in [0.25, 0.3) is 0 Å². The zero-order chi connectivity index (χ0) is 20.9. The van der Waals surface area contributed by atoms with Crippen molar-refractivity contribution in [1.82, 2.24) is 0 Å². The molecule has 4 aromatic carbocycles. The summed E-state index contributed by atoms with van der Waals surface area (Å²) in [4.78, 5) is 0. The van der Waals surface area contributed by atoms with Crippen molar-refractivity contribution in [3.8, 4) is 0 Å². The fourth-order valence-electron chi connectivity index (χ4n) is 5.53. The molecule has 0 fully saturated rings. The minimum absolute atomic E-state index is 1.24. The fourth-order valence-corrected chi connectivity index (χ4v) is 11.2. The highest BCUT2D eigenvalue weighted by Gasteiger charge is 2.27. The average Bonchev–Trinajstić information content (AvgIpc) is 2.68. The van der Waals surface area contributed by atoms with E-state index in [4.69, 9.17) is 0 Å². The summed E-state index contributed by atoms with van der Waals surface area (Å²) in [6.07, 6.45) is 0. The SMILES string of the molecule is C[Si]1(C)Cc2ccc3ccc4ccc(cc4c3c2)C[Si](C)(C)Cc2ccccc2C1. The summed E-state index contributed by atoms with van der Waals surface area (Å²) < 4.78 is 0. The van der Waals surface area contributed by atoms with Gasteiger partial charge in [-0.1, -0.05) is 99.0 Å². The van der Waals surface area contributed by atoms with E-state index in [-0.39, 0.29) is 0 Å². The largest absolute Gasteiger partial charge is 0.0689 e. The second-order valence-corrected chi connectivity index (χ2v) is 21.1. The van der Waals surface area contributed by atoms with Crippen LogP contribution in [0.4, 0.5) is 0 Å². The maximum absolute atomic E-state index is 2.57. The van der Waals surface area contributed by atoms with Gasteiger partial charge in [-0.2, -0.15) is 0 Å². The van der Waals surface area contributed by atoms with Crippen LogP contribution in [0.1, 0.15) is 22.3 Å². The molecule has 5 rings (SSSR count). The lowest BCUT2D eigenvalue weighted by Gasteiger charge is -2.28. The van der Waals surface area contributed by atoms with Crippen LogP contribution in [0.3, 0.4) is 0 Å². The van der Waals surface area contributed by atoms with E-state index in [1.807, 2.05) is 0 Å². The Bertz CT molecular complexity index is 1150. The molecule has 0 aromatic heterocycles. The van der Waals surface area contributed by atoms with Crippen LogP contribution in [0.15, 0.2) is 72.8 Å². The summed E-state index contributed by atoms with van der Waals surface area (Å²) >= 11 is 0. The van der Waals surface area contributed by atoms with Crippen molar-refractivity contribution in [2.45, 2.75) is 50.4 Å². The minimum Gasteiger partial charge on any atom is -0.0689 e. The molecule has 2 heteroatoms. The summed E-state index contributed by atoms with van der Waals surface area (Å²) in [7, 11) is -2.83. The molecule has 0 N–H and O–H groups in total. The molecule has 0 amide bonds. The highest BCUT2D eigenvalue weighted by atomic mass is 28.3. The van der Waals surface area contributed by atoms with Crippen molar-refractivity contribution in [2.75, 3.05) is 0 Å². The Hall–Kier alpha value is -2.17. The van der Waals surface area contributed by atoms with Crippen molar-refractivity contribution in [3.05, 3.63) is 95.1 Å². The predicted molar refractivity (Wildman–Crippen MR) is 138 cm³/mol. The second kappa shape index (κ2) is 7.21. The van der Waals surface area contributed by atoms with Gasteiger partial charge in [0.1, 0.15) is 0 Å². The van der Waals surface area contributed by atoms with E-state index in [1.54, 1.807) is 11.1 Å². The molecule has 0 spiro atoms. The Labute approximate surface area is 183 Å². The number of benzene rings is 4. The molecular weight excluding hydrogens is 392 g/mol. The van der Waals surface area contributed by atoms with E-state index >= 15 is 0 Å². The maximum Gasteiger partial charge on any atom is 0.0561 e. The number of fused-ring (bicyclic) bond motifs is 3. The van der Waals surface area contributed by atoms with Crippen molar-refractivity contribution in [2.24, 2.45) is 0 Å². The molecule has 0 unspecified atom stereocenters. The Morgan fingerprint density at radius 2 is 0.900 bits per heavy atom. The third-order valence-corrected chi connectivity index (χ3v) is 12.2. The van der Waals surface area contributed by atoms with Gasteiger partial charge in [-0.25, -0.2) is 0 Å². The summed E-state index contributed by atoms with van der Waals surface area (Å²) in [5, 5.41) is 5.62. The summed E-state index contributed by atoms with van der Waals surface area (Å²) in [5.74, 6) is 0. The summed E-state index contributed by atoms with van der Waals surface area (Å²) in [5.41, 5.74) is 6.26. The zero-order valence-electron chi connectivity index (χ0n) is 18.8. The molecule has 4 aromatic rings. The molecular formula is C28H32Si2. The Morgan fingerprint density at radius 3 is 1.33 bits per heavy atom. The van der Waals surface area contributed by atoms with Crippen LogP contribution in [0.25, 0.3) is 21.5 Å². The van der Waals surface area contributed by atoms with E-state index in [9.17, 15) is 0 Å². The van der Waals surface area contributed by atoms with E-state index < -0.39 is 16.1 Å². The average molecular weight is 425 g/mol. The predicted octanol–water partition coefficient (Wildman–Crippen LogP) is 7.45. The van der Waals surface area contributed by atoms with Gasteiger partial charge in [-0.05, 0) is 68.0 Å². The Balaban J connectivity index is 1.73. The van der Waals surface area contributed by atoms with Gasteiger partial charge in [-0.3, -0.25) is 0 Å². The smallest absolute Gasteiger partial charge is 0.0561 e. The van der Waals surface area contributed by atoms with E-state index in [0.29, 0.717) is 0 Å². The molecule has 0 nitrogen and oxygen atoms in total. The minimum atomic E-state index is -1.42. The van der Waals surface area contributed by atoms with Crippen LogP contribution in [0.5, 0.6) is 0 Å². The number of hydrogen-bond donors (Lipinski definition) is 0. The van der Waals surface area contributed by atoms with Crippen molar-refractivity contribution in [3.63, 3.8) is 0 Å². The molecule has 1 heterocycles. The van der Waals surface area contributed by atoms with Gasteiger partial charge in [0, 0.05) is 0 Å². The van der Waals surface area contributed by atoms with Gasteiger partial charge in [0.05, 0.1) is 16.1 Å². The lowest BCUT2D eigenvalue weighted by atomic mass is 9.99. The third kappa shape index (κ3) is 3.91. The first-order valence-corrected chi connectivity index (χ1v) is 18.1. The number of hydrogen-bond acceptors (Lipinski definition) is 0. The normalized spacial score (nSPS) is 18.0. The van der Waals surface area contributed by atoms with Gasteiger partial charge >= 0.3 is 0 Å². The first-order chi connectivity index (χ1) is 14.3. The van der Waals surface area contributed by atoms with E-state index in [0.717, 1.165) is 0 Å². The van der Waals surface area contributed by atoms with E-state index in [2.05, 4.69) is 99.0 Å². The quantitative estimate of drug-likeness (QED) is 0.203. The fraction of sp³-hybridized carbons (Fsp3) is 0.286. The molecule has 1 aliphatic heterocycles. The monoisotopic (exact) mass is 424 g/mol. The zero-order valence-corrected chi connectivity index (χ0v) is 20.8. The van der Waals surface area contributed by atoms with Crippen LogP contribution < -0.4 is 0 Å². The van der Waals surface area contributed by atoms with Crippen LogP contribution in [0, 0.1) is 0 Å². The Kier molecular flexibility index (Phi) is 4.75.